The van der Waals surface area contributed by atoms with Gasteiger partial charge >= 0.3 is 5.97 Å². The molecule has 0 fully saturated rings. The van der Waals surface area contributed by atoms with Crippen molar-refractivity contribution in [1.82, 2.24) is 0 Å². The zero-order valence-electron chi connectivity index (χ0n) is 9.40. The Labute approximate surface area is 95.0 Å². The second-order valence-corrected chi connectivity index (χ2v) is 3.04. The van der Waals surface area contributed by atoms with Crippen LogP contribution in [0.25, 0.3) is 5.57 Å². The maximum Gasteiger partial charge on any atom is 0.338 e. The maximum atomic E-state index is 11.5. The van der Waals surface area contributed by atoms with Crippen LogP contribution in [0.5, 0.6) is 5.75 Å². The molecule has 0 bridgehead atoms. The van der Waals surface area contributed by atoms with Crippen molar-refractivity contribution in [3.05, 3.63) is 48.6 Å². The fourth-order valence-electron chi connectivity index (χ4n) is 1.30. The first-order chi connectivity index (χ1) is 7.72. The standard InChI is InChI=1S/C13H14O3/c1-4-6-12(13(14)16-3)10-7-5-8-11(9-10)15-2/h4-9H,1H2,2-3H3/b12-6+. The number of hydrogen-bond acceptors (Lipinski definition) is 3. The fourth-order valence-corrected chi connectivity index (χ4v) is 1.30. The van der Waals surface area contributed by atoms with Crippen molar-refractivity contribution < 1.29 is 14.3 Å². The minimum Gasteiger partial charge on any atom is -0.497 e. The van der Waals surface area contributed by atoms with Crippen molar-refractivity contribution in [3.8, 4) is 5.75 Å². The molecular weight excluding hydrogens is 204 g/mol. The van der Waals surface area contributed by atoms with Crippen LogP contribution in [0.4, 0.5) is 0 Å². The summed E-state index contributed by atoms with van der Waals surface area (Å²) in [6.07, 6.45) is 3.16. The molecule has 3 nitrogen and oxygen atoms in total. The molecule has 84 valence electrons. The lowest BCUT2D eigenvalue weighted by molar-refractivity contribution is -0.133. The number of hydrogen-bond donors (Lipinski definition) is 0. The van der Waals surface area contributed by atoms with Crippen molar-refractivity contribution in [2.45, 2.75) is 0 Å². The van der Waals surface area contributed by atoms with Gasteiger partial charge in [-0.2, -0.15) is 0 Å². The summed E-state index contributed by atoms with van der Waals surface area (Å²) in [5.74, 6) is 0.296. The van der Waals surface area contributed by atoms with Crippen molar-refractivity contribution in [2.24, 2.45) is 0 Å². The summed E-state index contributed by atoms with van der Waals surface area (Å²) >= 11 is 0. The van der Waals surface area contributed by atoms with E-state index in [-0.39, 0.29) is 0 Å². The molecule has 0 amide bonds. The van der Waals surface area contributed by atoms with Crippen molar-refractivity contribution in [3.63, 3.8) is 0 Å². The Morgan fingerprint density at radius 3 is 2.69 bits per heavy atom. The van der Waals surface area contributed by atoms with Crippen LogP contribution in [0.3, 0.4) is 0 Å². The van der Waals surface area contributed by atoms with Crippen molar-refractivity contribution >= 4 is 11.5 Å². The quantitative estimate of drug-likeness (QED) is 0.442. The molecule has 0 saturated carbocycles. The minimum atomic E-state index is -0.395. The van der Waals surface area contributed by atoms with Crippen LogP contribution in [0.2, 0.25) is 0 Å². The van der Waals surface area contributed by atoms with Crippen LogP contribution in [0, 0.1) is 0 Å². The lowest BCUT2D eigenvalue weighted by atomic mass is 10.1. The molecule has 3 heteroatoms. The predicted octanol–water partition coefficient (Wildman–Crippen LogP) is 2.44. The molecule has 0 spiro atoms. The monoisotopic (exact) mass is 218 g/mol. The number of ether oxygens (including phenoxy) is 2. The van der Waals surface area contributed by atoms with Gasteiger partial charge in [-0.1, -0.05) is 24.8 Å². The normalized spacial score (nSPS) is 10.8. The van der Waals surface area contributed by atoms with E-state index >= 15 is 0 Å². The molecule has 1 aromatic carbocycles. The highest BCUT2D eigenvalue weighted by Gasteiger charge is 2.11. The molecule has 0 aromatic heterocycles. The fraction of sp³-hybridized carbons (Fsp3) is 0.154. The summed E-state index contributed by atoms with van der Waals surface area (Å²) in [5.41, 5.74) is 1.20. The highest BCUT2D eigenvalue weighted by Crippen LogP contribution is 2.21. The van der Waals surface area contributed by atoms with E-state index in [1.165, 1.54) is 7.11 Å². The highest BCUT2D eigenvalue weighted by molar-refractivity contribution is 6.16. The Hall–Kier alpha value is -2.03. The zero-order valence-corrected chi connectivity index (χ0v) is 9.40. The molecule has 0 atom stereocenters. The third kappa shape index (κ3) is 2.73. The Kier molecular flexibility index (Phi) is 4.33. The van der Waals surface area contributed by atoms with Gasteiger partial charge in [-0.05, 0) is 23.8 Å². The van der Waals surface area contributed by atoms with E-state index in [2.05, 4.69) is 6.58 Å². The first kappa shape index (κ1) is 12.0. The Balaban J connectivity index is 3.16. The number of rotatable bonds is 4. The summed E-state index contributed by atoms with van der Waals surface area (Å²) in [6, 6.07) is 7.21. The lowest BCUT2D eigenvalue weighted by Crippen LogP contribution is -2.03. The number of methoxy groups -OCH3 is 2. The van der Waals surface area contributed by atoms with Gasteiger partial charge in [-0.15, -0.1) is 0 Å². The third-order valence-corrected chi connectivity index (χ3v) is 2.07. The predicted molar refractivity (Wildman–Crippen MR) is 63.2 cm³/mol. The molecule has 0 radical (unpaired) electrons. The molecule has 0 heterocycles. The van der Waals surface area contributed by atoms with Crippen LogP contribution < -0.4 is 4.74 Å². The Morgan fingerprint density at radius 2 is 2.12 bits per heavy atom. The molecule has 0 N–H and O–H groups in total. The zero-order chi connectivity index (χ0) is 12.0. The van der Waals surface area contributed by atoms with Gasteiger partial charge in [0.2, 0.25) is 0 Å². The van der Waals surface area contributed by atoms with E-state index in [1.807, 2.05) is 18.2 Å². The van der Waals surface area contributed by atoms with Crippen molar-refractivity contribution in [2.75, 3.05) is 14.2 Å². The number of carbonyl (C=O) groups is 1. The number of benzene rings is 1. The summed E-state index contributed by atoms with van der Waals surface area (Å²) < 4.78 is 9.79. The molecule has 0 saturated heterocycles. The van der Waals surface area contributed by atoms with Gasteiger partial charge in [0.05, 0.1) is 19.8 Å². The molecule has 16 heavy (non-hydrogen) atoms. The number of esters is 1. The minimum absolute atomic E-state index is 0.395. The van der Waals surface area contributed by atoms with E-state index in [0.29, 0.717) is 11.3 Å². The topological polar surface area (TPSA) is 35.5 Å². The van der Waals surface area contributed by atoms with Gasteiger partial charge in [-0.25, -0.2) is 4.79 Å². The van der Waals surface area contributed by atoms with Gasteiger partial charge < -0.3 is 9.47 Å². The number of carbonyl (C=O) groups excluding carboxylic acids is 1. The molecule has 0 aliphatic rings. The van der Waals surface area contributed by atoms with E-state index in [1.54, 1.807) is 25.3 Å². The Bertz CT molecular complexity index is 419. The van der Waals surface area contributed by atoms with Gasteiger partial charge in [0.15, 0.2) is 0 Å². The van der Waals surface area contributed by atoms with Crippen LogP contribution in [0.15, 0.2) is 43.0 Å². The van der Waals surface area contributed by atoms with E-state index in [0.717, 1.165) is 5.56 Å². The second kappa shape index (κ2) is 5.75. The second-order valence-electron chi connectivity index (χ2n) is 3.04. The first-order valence-electron chi connectivity index (χ1n) is 4.78. The summed E-state index contributed by atoms with van der Waals surface area (Å²) in [7, 11) is 2.92. The average molecular weight is 218 g/mol. The van der Waals surface area contributed by atoms with E-state index in [4.69, 9.17) is 9.47 Å². The molecule has 0 aliphatic heterocycles. The molecule has 1 aromatic rings. The van der Waals surface area contributed by atoms with E-state index < -0.39 is 5.97 Å². The highest BCUT2D eigenvalue weighted by atomic mass is 16.5. The summed E-state index contributed by atoms with van der Waals surface area (Å²) in [4.78, 5) is 11.5. The van der Waals surface area contributed by atoms with Gasteiger partial charge in [-0.3, -0.25) is 0 Å². The van der Waals surface area contributed by atoms with Crippen LogP contribution in [-0.4, -0.2) is 20.2 Å². The number of allylic oxidation sites excluding steroid dienone is 2. The SMILES string of the molecule is C=C/C=C(/C(=O)OC)c1cccc(OC)c1. The summed E-state index contributed by atoms with van der Waals surface area (Å²) in [6.45, 7) is 3.57. The molecule has 0 unspecified atom stereocenters. The molecule has 1 rings (SSSR count). The van der Waals surface area contributed by atoms with Gasteiger partial charge in [0.25, 0.3) is 0 Å². The lowest BCUT2D eigenvalue weighted by Gasteiger charge is -2.06. The Morgan fingerprint density at radius 1 is 1.38 bits per heavy atom. The molecular formula is C13H14O3. The summed E-state index contributed by atoms with van der Waals surface area (Å²) in [5, 5.41) is 0. The van der Waals surface area contributed by atoms with Crippen molar-refractivity contribution in [1.29, 1.82) is 0 Å². The van der Waals surface area contributed by atoms with Gasteiger partial charge in [0, 0.05) is 0 Å². The largest absolute Gasteiger partial charge is 0.497 e. The first-order valence-corrected chi connectivity index (χ1v) is 4.78. The van der Waals surface area contributed by atoms with Gasteiger partial charge in [0.1, 0.15) is 5.75 Å². The smallest absolute Gasteiger partial charge is 0.338 e. The maximum absolute atomic E-state index is 11.5. The third-order valence-electron chi connectivity index (χ3n) is 2.07. The molecule has 0 aliphatic carbocycles. The van der Waals surface area contributed by atoms with E-state index in [9.17, 15) is 4.79 Å². The average Bonchev–Trinajstić information content (AvgIpc) is 2.35. The van der Waals surface area contributed by atoms with Crippen LogP contribution >= 0.6 is 0 Å². The van der Waals surface area contributed by atoms with Crippen LogP contribution in [0.1, 0.15) is 5.56 Å². The van der Waals surface area contributed by atoms with Crippen LogP contribution in [-0.2, 0) is 9.53 Å².